The number of hydrogen-bond donors (Lipinski definition) is 3. The van der Waals surface area contributed by atoms with E-state index in [4.69, 9.17) is 19.7 Å². The van der Waals surface area contributed by atoms with Gasteiger partial charge in [0.05, 0.1) is 12.0 Å². The number of ketones is 2. The summed E-state index contributed by atoms with van der Waals surface area (Å²) in [7, 11) is 0. The van der Waals surface area contributed by atoms with E-state index in [-0.39, 0.29) is 62.3 Å². The summed E-state index contributed by atoms with van der Waals surface area (Å²) in [5.41, 5.74) is 3.07. The first-order chi connectivity index (χ1) is 55.4. The fourth-order valence-electron chi connectivity index (χ4n) is 13.0. The molecule has 4 aliphatic heterocycles. The Morgan fingerprint density at radius 2 is 0.848 bits per heavy atom. The number of carbonyl (C=O) groups excluding carboxylic acids is 4. The van der Waals surface area contributed by atoms with Gasteiger partial charge >= 0.3 is 24.1 Å². The zero-order chi connectivity index (χ0) is 100. The Bertz CT molecular complexity index is 3180. The molecule has 4 fully saturated rings. The van der Waals surface area contributed by atoms with Gasteiger partial charge in [0.2, 0.25) is 0 Å². The molecule has 16 nitrogen and oxygen atoms in total. The number of aliphatic imine (C=N–C) groups is 2. The van der Waals surface area contributed by atoms with Crippen LogP contribution in [0.1, 0.15) is 480 Å². The van der Waals surface area contributed by atoms with Gasteiger partial charge in [-0.15, -0.1) is 0 Å². The number of carboxylic acid groups (broad SMARTS) is 2. The largest absolute Gasteiger partial charge is 0.481 e. The molecule has 2 unspecified atom stereocenters. The Hall–Kier alpha value is -4.73. The predicted octanol–water partition coefficient (Wildman–Crippen LogP) is 31.5. The number of amides is 2. The van der Waals surface area contributed by atoms with Crippen LogP contribution in [0.3, 0.4) is 0 Å². The molecule has 1 aromatic heterocycles. The van der Waals surface area contributed by atoms with Gasteiger partial charge in [-0.2, -0.15) is 0 Å². The van der Waals surface area contributed by atoms with Crippen LogP contribution >= 0.6 is 0 Å². The average Bonchev–Trinajstić information content (AvgIpc) is 1.07. The number of ether oxygens (including phenoxy) is 2. The number of aliphatic carboxylic acids is 2. The van der Waals surface area contributed by atoms with E-state index >= 15 is 0 Å². The predicted molar refractivity (Wildman–Crippen MR) is 541 cm³/mol. The lowest BCUT2D eigenvalue weighted by Gasteiger charge is -2.43. The minimum absolute atomic E-state index is 0.0887. The third-order valence-corrected chi connectivity index (χ3v) is 27.4. The lowest BCUT2D eigenvalue weighted by atomic mass is 9.67. The quantitative estimate of drug-likeness (QED) is 0.199. The van der Waals surface area contributed by atoms with E-state index in [1.807, 2.05) is 139 Å². The normalized spacial score (nSPS) is 17.5. The number of nitrogens with one attached hydrogen (secondary N) is 1. The van der Waals surface area contributed by atoms with Gasteiger partial charge in [0.15, 0.2) is 0 Å². The van der Waals surface area contributed by atoms with Gasteiger partial charge in [0.25, 0.3) is 0 Å². The van der Waals surface area contributed by atoms with Crippen LogP contribution in [0.4, 0.5) is 9.59 Å². The topological polar surface area (TPSA) is 217 Å². The number of rotatable bonds is 10. The van der Waals surface area contributed by atoms with E-state index in [2.05, 4.69) is 247 Å². The van der Waals surface area contributed by atoms with Crippen molar-refractivity contribution in [2.24, 2.45) is 97.6 Å². The molecule has 0 bridgehead atoms. The molecule has 2 atom stereocenters. The maximum absolute atomic E-state index is 12.2. The summed E-state index contributed by atoms with van der Waals surface area (Å²) in [4.78, 5) is 82.7. The Morgan fingerprint density at radius 1 is 0.448 bits per heavy atom. The SMILES string of the molecule is CC(=O)C(C)(C)C.CC(C)(C)C(C)(C)C(=O)O.CC(C)(C)C(C)(C)CCC(=O)O.CC(C)(C)C(C)(C)CCC1=NCC=N1.CC(C)(C)C1CCCCC1.CC(C)(C)C1CCCCN1.CC(C)(C)OC(=O)N1CCC(C(C)(C)C)CC1.CC(C)(C)OC(=O)N1CCCCC1C(C)(C)C.CC(C)(C)c1ccncc1.CCC(=O)C(C)(C)C.CCCC(C)(C)C(C)(C)C. The first kappa shape index (κ1) is 129. The number of amidine groups is 1. The van der Waals surface area contributed by atoms with E-state index in [9.17, 15) is 28.8 Å². The lowest BCUT2D eigenvalue weighted by Crippen LogP contribution is -2.51. The minimum atomic E-state index is -0.736. The highest BCUT2D eigenvalue weighted by Gasteiger charge is 2.41. The first-order valence-electron chi connectivity index (χ1n) is 48.6. The summed E-state index contributed by atoms with van der Waals surface area (Å²) in [6, 6.07) is 5.16. The number of carbonyl (C=O) groups is 6. The number of aromatic nitrogens is 1. The summed E-state index contributed by atoms with van der Waals surface area (Å²) in [5.74, 6) is 1.88. The van der Waals surface area contributed by atoms with Gasteiger partial charge in [0.1, 0.15) is 28.6 Å². The number of Topliss-reactive ketones (excluding diaryl/α,β-unsaturated/α-hetero) is 2. The molecule has 0 spiro atoms. The molecule has 1 aromatic rings. The van der Waals surface area contributed by atoms with Gasteiger partial charge in [0, 0.05) is 80.4 Å². The molecule has 3 saturated heterocycles. The Labute approximate surface area is 775 Å². The van der Waals surface area contributed by atoms with Crippen molar-refractivity contribution in [1.82, 2.24) is 20.1 Å². The molecule has 5 aliphatic rings. The van der Waals surface area contributed by atoms with Crippen molar-refractivity contribution in [2.45, 2.75) is 503 Å². The summed E-state index contributed by atoms with van der Waals surface area (Å²) in [5, 5.41) is 20.9. The van der Waals surface area contributed by atoms with Crippen LogP contribution in [0.5, 0.6) is 0 Å². The van der Waals surface area contributed by atoms with E-state index in [0.717, 1.165) is 88.9 Å². The van der Waals surface area contributed by atoms with Crippen LogP contribution in [0.2, 0.25) is 0 Å². The highest BCUT2D eigenvalue weighted by atomic mass is 16.6. The molecule has 1 aliphatic carbocycles. The van der Waals surface area contributed by atoms with E-state index < -0.39 is 28.6 Å². The molecule has 738 valence electrons. The molecule has 125 heavy (non-hydrogen) atoms. The molecule has 5 heterocycles. The van der Waals surface area contributed by atoms with Crippen molar-refractivity contribution in [3.05, 3.63) is 30.1 Å². The zero-order valence-corrected chi connectivity index (χ0v) is 92.3. The van der Waals surface area contributed by atoms with Crippen LogP contribution in [-0.2, 0) is 34.1 Å². The Kier molecular flexibility index (Phi) is 55.9. The third kappa shape index (κ3) is 58.6. The van der Waals surface area contributed by atoms with Crippen LogP contribution in [-0.4, -0.2) is 129 Å². The Balaban J connectivity index is -0.000000427. The van der Waals surface area contributed by atoms with Crippen molar-refractivity contribution in [3.63, 3.8) is 0 Å². The van der Waals surface area contributed by atoms with Gasteiger partial charge < -0.3 is 34.8 Å². The molecule has 16 heteroatoms. The van der Waals surface area contributed by atoms with Crippen molar-refractivity contribution in [2.75, 3.05) is 32.7 Å². The number of pyridine rings is 1. The number of hydrogen-bond acceptors (Lipinski definition) is 12. The van der Waals surface area contributed by atoms with Crippen molar-refractivity contribution >= 4 is 47.7 Å². The van der Waals surface area contributed by atoms with Crippen LogP contribution < -0.4 is 5.32 Å². The number of likely N-dealkylation sites (tertiary alicyclic amines) is 2. The molecular weight excluding hydrogens is 1550 g/mol. The third-order valence-electron chi connectivity index (χ3n) is 27.4. The second-order valence-electron chi connectivity index (χ2n) is 52.3. The van der Waals surface area contributed by atoms with Gasteiger partial charge in [-0.3, -0.25) is 29.2 Å². The molecule has 3 N–H and O–H groups in total. The maximum Gasteiger partial charge on any atom is 0.410 e. The van der Waals surface area contributed by atoms with Gasteiger partial charge in [-0.25, -0.2) is 14.6 Å². The minimum Gasteiger partial charge on any atom is -0.481 e. The van der Waals surface area contributed by atoms with Crippen molar-refractivity contribution in [3.8, 4) is 0 Å². The molecule has 1 saturated carbocycles. The van der Waals surface area contributed by atoms with Crippen molar-refractivity contribution in [1.29, 1.82) is 0 Å². The maximum atomic E-state index is 12.2. The summed E-state index contributed by atoms with van der Waals surface area (Å²) in [6.07, 6.45) is 28.8. The highest BCUT2D eigenvalue weighted by Crippen LogP contribution is 2.45. The second-order valence-corrected chi connectivity index (χ2v) is 52.3. The standard InChI is InChI=1S/2C14H27NO2.C12H22N2.C10H20O2.C10H20.C10H22.C9H13N.C9H19N.C8H16O2.C7H14O.C6H12O/c1-13(2,3)11-7-9-15(10-8-11)12(16)17-14(4,5)6;1-13(2,3)11-9-7-8-10-15(11)12(16)17-14(4,5)6;1-11(2,3)12(4,5)7-6-10-13-8-9-14-10;1-9(2,3)10(4,5)7-6-8(11)12;1-10(2,3)9-7-5-4-6-8-9;1-7-8-10(5,6)9(2,3)4;1-9(2,3)8-4-6-10-7-5-8;1-9(2,3)8-6-4-5-7-10-8;1-7(2,3)8(4,5)6(9)10;1-5-6(8)7(2,3)4;1-5(7)6(2,3)4/h2*11H,7-10H2,1-6H3;8H,6-7,9H2,1-5H3;6-7H2,1-5H3,(H,11,12);9H,4-8H2,1-3H3;7-8H2,1-6H3;4-7H,1-3H3;8,10H,4-7H2,1-3H3;1-5H3,(H,9,10);5H2,1-4H3;1-4H3. The number of carboxylic acids is 2. The number of piperidine rings is 3. The van der Waals surface area contributed by atoms with E-state index in [0.29, 0.717) is 62.1 Å². The fourth-order valence-corrected chi connectivity index (χ4v) is 13.0. The molecule has 0 radical (unpaired) electrons. The summed E-state index contributed by atoms with van der Waals surface area (Å²) >= 11 is 0. The second kappa shape index (κ2) is 54.3. The molecular formula is C109H212N6O10. The zero-order valence-electron chi connectivity index (χ0n) is 92.3. The lowest BCUT2D eigenvalue weighted by molar-refractivity contribution is -0.153. The van der Waals surface area contributed by atoms with E-state index in [1.165, 1.54) is 82.7 Å². The smallest absolute Gasteiger partial charge is 0.410 e. The van der Waals surface area contributed by atoms with Crippen LogP contribution in [0, 0.1) is 87.6 Å². The Morgan fingerprint density at radius 3 is 1.11 bits per heavy atom. The molecule has 6 rings (SSSR count). The monoisotopic (exact) mass is 1770 g/mol. The van der Waals surface area contributed by atoms with Gasteiger partial charge in [-0.1, -0.05) is 316 Å². The van der Waals surface area contributed by atoms with Crippen LogP contribution in [0.15, 0.2) is 34.5 Å². The summed E-state index contributed by atoms with van der Waals surface area (Å²) < 4.78 is 10.9. The molecule has 0 aromatic carbocycles. The van der Waals surface area contributed by atoms with Crippen LogP contribution in [0.25, 0.3) is 0 Å². The molecule has 2 amide bonds. The van der Waals surface area contributed by atoms with Crippen molar-refractivity contribution < 1.29 is 48.5 Å². The first-order valence-corrected chi connectivity index (χ1v) is 48.6. The average molecular weight is 1770 g/mol. The highest BCUT2D eigenvalue weighted by molar-refractivity contribution is 5.94. The summed E-state index contributed by atoms with van der Waals surface area (Å²) in [6.45, 7) is 111. The fraction of sp³-hybridized carbons (Fsp3) is 0.881. The van der Waals surface area contributed by atoms with Gasteiger partial charge in [-0.05, 0) is 240 Å². The number of nitrogens with zero attached hydrogens (tertiary/aromatic N) is 5. The van der Waals surface area contributed by atoms with E-state index in [1.54, 1.807) is 20.8 Å².